The van der Waals surface area contributed by atoms with Crippen molar-refractivity contribution in [3.63, 3.8) is 0 Å². The Bertz CT molecular complexity index is 973. The number of nitrogen functional groups attached to an aromatic ring is 1. The second-order valence-electron chi connectivity index (χ2n) is 5.38. The maximum atomic E-state index is 13.8. The molecular formula is C18H15F2N3O3S. The Kier molecular flexibility index (Phi) is 5.63. The molecule has 0 spiro atoms. The number of nitrogens with one attached hydrogen (secondary N) is 1. The van der Waals surface area contributed by atoms with E-state index in [1.54, 1.807) is 18.2 Å². The van der Waals surface area contributed by atoms with Gasteiger partial charge in [-0.05, 0) is 47.8 Å². The summed E-state index contributed by atoms with van der Waals surface area (Å²) in [5, 5.41) is 9.56. The highest BCUT2D eigenvalue weighted by Gasteiger charge is 2.12. The quantitative estimate of drug-likeness (QED) is 0.189. The molecule has 0 aliphatic heterocycles. The van der Waals surface area contributed by atoms with Gasteiger partial charge in [0.15, 0.2) is 0 Å². The summed E-state index contributed by atoms with van der Waals surface area (Å²) in [6.45, 7) is 0. The highest BCUT2D eigenvalue weighted by molar-refractivity contribution is 8.00. The van der Waals surface area contributed by atoms with Crippen LogP contribution in [-0.4, -0.2) is 17.2 Å². The number of benzene rings is 2. The minimum absolute atomic E-state index is 0.0215. The Morgan fingerprint density at radius 3 is 2.63 bits per heavy atom. The summed E-state index contributed by atoms with van der Waals surface area (Å²) in [5.74, 6) is -1.25. The van der Waals surface area contributed by atoms with Crippen LogP contribution in [0.2, 0.25) is 0 Å². The molecule has 9 heteroatoms. The highest BCUT2D eigenvalue weighted by atomic mass is 32.2. The van der Waals surface area contributed by atoms with Gasteiger partial charge in [-0.15, -0.1) is 0 Å². The first-order chi connectivity index (χ1) is 13.0. The summed E-state index contributed by atoms with van der Waals surface area (Å²) in [6, 6.07) is 9.71. The molecule has 0 aliphatic carbocycles. The summed E-state index contributed by atoms with van der Waals surface area (Å²) in [7, 11) is 1.33. The number of hydrogen-bond donors (Lipinski definition) is 3. The van der Waals surface area contributed by atoms with Gasteiger partial charge in [-0.25, -0.2) is 13.8 Å². The van der Waals surface area contributed by atoms with Gasteiger partial charge in [0.1, 0.15) is 23.1 Å². The van der Waals surface area contributed by atoms with E-state index in [9.17, 15) is 13.9 Å². The zero-order valence-electron chi connectivity index (χ0n) is 14.1. The van der Waals surface area contributed by atoms with E-state index in [0.717, 1.165) is 24.1 Å². The van der Waals surface area contributed by atoms with Crippen LogP contribution in [0, 0.1) is 11.6 Å². The first kappa shape index (κ1) is 18.7. The lowest BCUT2D eigenvalue weighted by molar-refractivity contribution is -0.180. The zero-order chi connectivity index (χ0) is 19.4. The number of aromatic nitrogens is 1. The molecule has 6 nitrogen and oxygen atoms in total. The number of hydrogen-bond acceptors (Lipinski definition) is 7. The van der Waals surface area contributed by atoms with Gasteiger partial charge >= 0.3 is 0 Å². The second-order valence-corrected chi connectivity index (χ2v) is 6.23. The molecule has 4 N–H and O–H groups in total. The molecule has 3 rings (SSSR count). The fraction of sp³-hybridized carbons (Fsp3) is 0.0556. The van der Waals surface area contributed by atoms with Gasteiger partial charge in [0, 0.05) is 17.8 Å². The smallest absolute Gasteiger partial charge is 0.280 e. The molecule has 3 aromatic rings. The van der Waals surface area contributed by atoms with Crippen molar-refractivity contribution in [3.8, 4) is 22.8 Å². The maximum absolute atomic E-state index is 13.8. The number of anilines is 2. The van der Waals surface area contributed by atoms with Crippen molar-refractivity contribution in [2.75, 3.05) is 17.6 Å². The van der Waals surface area contributed by atoms with Crippen LogP contribution in [0.3, 0.4) is 0 Å². The van der Waals surface area contributed by atoms with Crippen LogP contribution in [-0.2, 0) is 4.89 Å². The van der Waals surface area contributed by atoms with Gasteiger partial charge in [0.05, 0.1) is 17.7 Å². The Morgan fingerprint density at radius 1 is 1.11 bits per heavy atom. The molecule has 140 valence electrons. The van der Waals surface area contributed by atoms with Gasteiger partial charge in [-0.3, -0.25) is 0 Å². The molecule has 0 bridgehead atoms. The van der Waals surface area contributed by atoms with Gasteiger partial charge in [-0.1, -0.05) is 6.07 Å². The van der Waals surface area contributed by atoms with Gasteiger partial charge < -0.3 is 20.4 Å². The van der Waals surface area contributed by atoms with Crippen molar-refractivity contribution >= 4 is 23.3 Å². The monoisotopic (exact) mass is 391 g/mol. The van der Waals surface area contributed by atoms with E-state index < -0.39 is 11.6 Å². The normalized spacial score (nSPS) is 10.6. The lowest BCUT2D eigenvalue weighted by Crippen LogP contribution is -1.99. The maximum Gasteiger partial charge on any atom is 0.280 e. The van der Waals surface area contributed by atoms with Crippen LogP contribution in [0.25, 0.3) is 11.1 Å². The number of halogens is 2. The molecule has 0 radical (unpaired) electrons. The fourth-order valence-electron chi connectivity index (χ4n) is 2.23. The summed E-state index contributed by atoms with van der Waals surface area (Å²) < 4.78 is 29.8. The molecule has 1 aromatic heterocycles. The summed E-state index contributed by atoms with van der Waals surface area (Å²) in [6.07, 6.45) is 1.54. The molecule has 0 unspecified atom stereocenters. The Morgan fingerprint density at radius 2 is 1.93 bits per heavy atom. The number of phenols is 1. The third-order valence-corrected chi connectivity index (χ3v) is 4.41. The first-order valence-corrected chi connectivity index (χ1v) is 8.47. The van der Waals surface area contributed by atoms with Crippen LogP contribution in [0.15, 0.2) is 53.6 Å². The van der Waals surface area contributed by atoms with Gasteiger partial charge in [0.2, 0.25) is 0 Å². The van der Waals surface area contributed by atoms with E-state index in [0.29, 0.717) is 16.8 Å². The molecular weight excluding hydrogens is 376 g/mol. The van der Waals surface area contributed by atoms with Crippen LogP contribution in [0.1, 0.15) is 0 Å². The minimum Gasteiger partial charge on any atom is -0.506 e. The number of aromatic hydroxyl groups is 1. The Hall–Kier alpha value is -3.04. The summed E-state index contributed by atoms with van der Waals surface area (Å²) in [5.41, 5.74) is 7.74. The van der Waals surface area contributed by atoms with E-state index >= 15 is 0 Å². The third-order valence-electron chi connectivity index (χ3n) is 3.54. The van der Waals surface area contributed by atoms with E-state index in [4.69, 9.17) is 10.6 Å². The average molecular weight is 391 g/mol. The summed E-state index contributed by atoms with van der Waals surface area (Å²) in [4.78, 5) is 14.0. The molecule has 0 saturated heterocycles. The van der Waals surface area contributed by atoms with E-state index in [-0.39, 0.29) is 22.2 Å². The predicted octanol–water partition coefficient (Wildman–Crippen LogP) is 4.37. The predicted molar refractivity (Wildman–Crippen MR) is 99.2 cm³/mol. The van der Waals surface area contributed by atoms with Crippen LogP contribution < -0.4 is 15.3 Å². The van der Waals surface area contributed by atoms with Crippen molar-refractivity contribution in [1.82, 2.24) is 4.98 Å². The number of nitrogens with two attached hydrogens (primary N) is 1. The van der Waals surface area contributed by atoms with Gasteiger partial charge in [0.25, 0.3) is 5.88 Å². The van der Waals surface area contributed by atoms with Gasteiger partial charge in [-0.2, -0.15) is 4.89 Å². The molecule has 1 heterocycles. The van der Waals surface area contributed by atoms with E-state index in [1.807, 2.05) is 0 Å². The summed E-state index contributed by atoms with van der Waals surface area (Å²) >= 11 is 0.926. The van der Waals surface area contributed by atoms with Crippen LogP contribution in [0.5, 0.6) is 11.6 Å². The largest absolute Gasteiger partial charge is 0.506 e. The fourth-order valence-corrected chi connectivity index (χ4v) is 2.89. The molecule has 0 atom stereocenters. The molecule has 0 amide bonds. The standard InChI is InChI=1S/C18H15F2N3O3S/c1-25-26-18-15(23-27-17-5-3-12(19)8-13(17)20)7-11(9-22-18)10-2-4-16(24)14(21)6-10/h2-9,23-24H,21H2,1H3. The lowest BCUT2D eigenvalue weighted by atomic mass is 10.1. The van der Waals surface area contributed by atoms with E-state index in [1.165, 1.54) is 25.4 Å². The van der Waals surface area contributed by atoms with Crippen molar-refractivity contribution < 1.29 is 23.7 Å². The average Bonchev–Trinajstić information content (AvgIpc) is 2.64. The SMILES string of the molecule is COOc1ncc(-c2ccc(O)c(N)c2)cc1NSc1ccc(F)cc1F. The number of phenolic OH excluding ortho intramolecular Hbond substituents is 1. The first-order valence-electron chi connectivity index (χ1n) is 7.65. The molecule has 0 saturated carbocycles. The molecule has 0 aliphatic rings. The molecule has 2 aromatic carbocycles. The van der Waals surface area contributed by atoms with Crippen molar-refractivity contribution in [2.24, 2.45) is 0 Å². The van der Waals surface area contributed by atoms with Crippen molar-refractivity contribution in [2.45, 2.75) is 4.90 Å². The Balaban J connectivity index is 1.90. The molecule has 0 fully saturated rings. The minimum atomic E-state index is -0.697. The zero-order valence-corrected chi connectivity index (χ0v) is 14.9. The topological polar surface area (TPSA) is 89.6 Å². The van der Waals surface area contributed by atoms with Crippen molar-refractivity contribution in [3.05, 3.63) is 60.3 Å². The Labute approximate surface area is 158 Å². The number of rotatable bonds is 6. The molecule has 27 heavy (non-hydrogen) atoms. The third kappa shape index (κ3) is 4.39. The number of nitrogens with zero attached hydrogens (tertiary/aromatic N) is 1. The van der Waals surface area contributed by atoms with E-state index in [2.05, 4.69) is 14.6 Å². The van der Waals surface area contributed by atoms with Crippen LogP contribution >= 0.6 is 11.9 Å². The van der Waals surface area contributed by atoms with Crippen molar-refractivity contribution in [1.29, 1.82) is 0 Å². The highest BCUT2D eigenvalue weighted by Crippen LogP contribution is 2.34. The number of pyridine rings is 1. The lowest BCUT2D eigenvalue weighted by Gasteiger charge is -2.12. The van der Waals surface area contributed by atoms with Crippen LogP contribution in [0.4, 0.5) is 20.2 Å². The second kappa shape index (κ2) is 8.11.